The van der Waals surface area contributed by atoms with Crippen LogP contribution in [0.3, 0.4) is 0 Å². The number of carbonyl (C=O) groups excluding carboxylic acids is 2. The molecule has 6 nitrogen and oxygen atoms in total. The summed E-state index contributed by atoms with van der Waals surface area (Å²) in [5, 5.41) is 0. The molecular weight excluding hydrogens is 244 g/mol. The molecule has 0 aliphatic heterocycles. The molecule has 1 heterocycles. The first-order chi connectivity index (χ1) is 8.90. The number of benzene rings is 1. The second-order valence-corrected chi connectivity index (χ2v) is 4.36. The van der Waals surface area contributed by atoms with Crippen LogP contribution in [0, 0.1) is 13.8 Å². The van der Waals surface area contributed by atoms with Crippen LogP contribution in [0.2, 0.25) is 0 Å². The molecule has 6 heteroatoms. The minimum absolute atomic E-state index is 0.0663. The van der Waals surface area contributed by atoms with E-state index in [1.165, 1.54) is 0 Å². The Kier molecular flexibility index (Phi) is 3.08. The van der Waals surface area contributed by atoms with Gasteiger partial charge in [0.1, 0.15) is 11.5 Å². The summed E-state index contributed by atoms with van der Waals surface area (Å²) in [7, 11) is 0. The van der Waals surface area contributed by atoms with Gasteiger partial charge in [-0.25, -0.2) is 4.98 Å². The van der Waals surface area contributed by atoms with E-state index in [-0.39, 0.29) is 11.4 Å². The normalized spacial score (nSPS) is 10.4. The number of primary amides is 2. The van der Waals surface area contributed by atoms with Crippen LogP contribution in [0.5, 0.6) is 0 Å². The molecule has 0 saturated heterocycles. The van der Waals surface area contributed by atoms with E-state index < -0.39 is 11.8 Å². The topological polar surface area (TPSA) is 115 Å². The zero-order valence-electron chi connectivity index (χ0n) is 10.7. The lowest BCUT2D eigenvalue weighted by atomic mass is 10.1. The molecule has 5 N–H and O–H groups in total. The number of nitrogens with zero attached hydrogens (tertiary/aromatic N) is 1. The molecule has 2 aromatic rings. The van der Waals surface area contributed by atoms with Crippen LogP contribution < -0.4 is 11.5 Å². The van der Waals surface area contributed by atoms with E-state index in [0.29, 0.717) is 5.82 Å². The number of rotatable bonds is 3. The van der Waals surface area contributed by atoms with Crippen LogP contribution in [0.4, 0.5) is 0 Å². The van der Waals surface area contributed by atoms with Crippen LogP contribution in [0.25, 0.3) is 11.4 Å². The number of hydrogen-bond acceptors (Lipinski definition) is 3. The summed E-state index contributed by atoms with van der Waals surface area (Å²) in [4.78, 5) is 29.4. The summed E-state index contributed by atoms with van der Waals surface area (Å²) in [6, 6.07) is 5.80. The monoisotopic (exact) mass is 258 g/mol. The SMILES string of the molecule is Cc1ccc(C)c(-c2nc(C(N)=O)c(C(N)=O)[nH]2)c1. The highest BCUT2D eigenvalue weighted by Crippen LogP contribution is 2.23. The van der Waals surface area contributed by atoms with Gasteiger partial charge in [0, 0.05) is 5.56 Å². The summed E-state index contributed by atoms with van der Waals surface area (Å²) in [6.07, 6.45) is 0. The first-order valence-electron chi connectivity index (χ1n) is 5.67. The number of carbonyl (C=O) groups is 2. The van der Waals surface area contributed by atoms with Gasteiger partial charge in [-0.3, -0.25) is 9.59 Å². The lowest BCUT2D eigenvalue weighted by molar-refractivity contribution is 0.0962. The van der Waals surface area contributed by atoms with Gasteiger partial charge in [-0.15, -0.1) is 0 Å². The molecular formula is C13H14N4O2. The zero-order chi connectivity index (χ0) is 14.2. The van der Waals surface area contributed by atoms with Crippen molar-refractivity contribution >= 4 is 11.8 Å². The standard InChI is InChI=1S/C13H14N4O2/c1-6-3-4-7(2)8(5-6)13-16-9(11(14)18)10(17-13)12(15)19/h3-5H,1-2H3,(H2,14,18)(H2,15,19)(H,16,17). The maximum atomic E-state index is 11.3. The lowest BCUT2D eigenvalue weighted by Gasteiger charge is -2.03. The van der Waals surface area contributed by atoms with Crippen molar-refractivity contribution in [1.29, 1.82) is 0 Å². The first kappa shape index (κ1) is 12.8. The molecule has 1 aromatic heterocycles. The highest BCUT2D eigenvalue weighted by molar-refractivity contribution is 6.04. The van der Waals surface area contributed by atoms with Crippen LogP contribution in [-0.2, 0) is 0 Å². The fraction of sp³-hybridized carbons (Fsp3) is 0.154. The van der Waals surface area contributed by atoms with Gasteiger partial charge in [0.2, 0.25) is 0 Å². The summed E-state index contributed by atoms with van der Waals surface area (Å²) in [6.45, 7) is 3.85. The van der Waals surface area contributed by atoms with Crippen LogP contribution in [0.1, 0.15) is 32.1 Å². The van der Waals surface area contributed by atoms with Gasteiger partial charge in [-0.2, -0.15) is 0 Å². The summed E-state index contributed by atoms with van der Waals surface area (Å²) < 4.78 is 0. The Balaban J connectivity index is 2.64. The average molecular weight is 258 g/mol. The maximum absolute atomic E-state index is 11.3. The third-order valence-corrected chi connectivity index (χ3v) is 2.83. The molecule has 0 atom stereocenters. The van der Waals surface area contributed by atoms with Crippen molar-refractivity contribution in [2.45, 2.75) is 13.8 Å². The van der Waals surface area contributed by atoms with E-state index in [2.05, 4.69) is 9.97 Å². The number of hydrogen-bond donors (Lipinski definition) is 3. The van der Waals surface area contributed by atoms with E-state index in [0.717, 1.165) is 16.7 Å². The molecule has 1 aromatic carbocycles. The van der Waals surface area contributed by atoms with E-state index >= 15 is 0 Å². The highest BCUT2D eigenvalue weighted by atomic mass is 16.2. The summed E-state index contributed by atoms with van der Waals surface area (Å²) >= 11 is 0. The molecule has 0 unspecified atom stereocenters. The summed E-state index contributed by atoms with van der Waals surface area (Å²) in [5.41, 5.74) is 13.0. The summed E-state index contributed by atoms with van der Waals surface area (Å²) in [5.74, 6) is -1.15. The molecule has 0 aliphatic carbocycles. The van der Waals surface area contributed by atoms with Crippen molar-refractivity contribution < 1.29 is 9.59 Å². The molecule has 0 bridgehead atoms. The molecule has 2 rings (SSSR count). The number of nitrogens with two attached hydrogens (primary N) is 2. The Morgan fingerprint density at radius 2 is 1.84 bits per heavy atom. The molecule has 0 radical (unpaired) electrons. The lowest BCUT2D eigenvalue weighted by Crippen LogP contribution is -2.20. The van der Waals surface area contributed by atoms with E-state index in [4.69, 9.17) is 11.5 Å². The Bertz CT molecular complexity index is 642. The van der Waals surface area contributed by atoms with Gasteiger partial charge in [0.15, 0.2) is 5.69 Å². The molecule has 19 heavy (non-hydrogen) atoms. The van der Waals surface area contributed by atoms with Crippen LogP contribution in [0.15, 0.2) is 18.2 Å². The predicted octanol–water partition coefficient (Wildman–Crippen LogP) is 0.891. The van der Waals surface area contributed by atoms with Gasteiger partial charge >= 0.3 is 0 Å². The Morgan fingerprint density at radius 1 is 1.16 bits per heavy atom. The second-order valence-electron chi connectivity index (χ2n) is 4.36. The minimum Gasteiger partial charge on any atom is -0.364 e. The number of amides is 2. The van der Waals surface area contributed by atoms with Gasteiger partial charge in [-0.05, 0) is 25.5 Å². The molecule has 2 amide bonds. The second kappa shape index (κ2) is 4.56. The fourth-order valence-electron chi connectivity index (χ4n) is 1.85. The quantitative estimate of drug-likeness (QED) is 0.759. The van der Waals surface area contributed by atoms with E-state index in [1.807, 2.05) is 32.0 Å². The smallest absolute Gasteiger partial charge is 0.269 e. The average Bonchev–Trinajstić information content (AvgIpc) is 2.77. The predicted molar refractivity (Wildman–Crippen MR) is 70.5 cm³/mol. The molecule has 98 valence electrons. The third kappa shape index (κ3) is 2.33. The van der Waals surface area contributed by atoms with Crippen molar-refractivity contribution in [2.24, 2.45) is 11.5 Å². The number of nitrogens with one attached hydrogen (secondary N) is 1. The number of aromatic nitrogens is 2. The maximum Gasteiger partial charge on any atom is 0.269 e. The number of aryl methyl sites for hydroxylation is 2. The van der Waals surface area contributed by atoms with Crippen molar-refractivity contribution in [3.05, 3.63) is 40.7 Å². The van der Waals surface area contributed by atoms with Gasteiger partial charge in [0.05, 0.1) is 0 Å². The minimum atomic E-state index is -0.790. The Morgan fingerprint density at radius 3 is 2.37 bits per heavy atom. The highest BCUT2D eigenvalue weighted by Gasteiger charge is 2.20. The number of H-pyrrole nitrogens is 1. The van der Waals surface area contributed by atoms with Crippen molar-refractivity contribution in [3.63, 3.8) is 0 Å². The van der Waals surface area contributed by atoms with Crippen molar-refractivity contribution in [3.8, 4) is 11.4 Å². The Hall–Kier alpha value is -2.63. The molecule has 0 saturated carbocycles. The van der Waals surface area contributed by atoms with Crippen molar-refractivity contribution in [1.82, 2.24) is 9.97 Å². The van der Waals surface area contributed by atoms with E-state index in [9.17, 15) is 9.59 Å². The Labute approximate surface area is 109 Å². The fourth-order valence-corrected chi connectivity index (χ4v) is 1.85. The number of aromatic amines is 1. The molecule has 0 spiro atoms. The van der Waals surface area contributed by atoms with E-state index in [1.54, 1.807) is 0 Å². The first-order valence-corrected chi connectivity index (χ1v) is 5.67. The van der Waals surface area contributed by atoms with Crippen molar-refractivity contribution in [2.75, 3.05) is 0 Å². The van der Waals surface area contributed by atoms with Gasteiger partial charge in [0.25, 0.3) is 11.8 Å². The molecule has 0 aliphatic rings. The largest absolute Gasteiger partial charge is 0.364 e. The molecule has 0 fully saturated rings. The third-order valence-electron chi connectivity index (χ3n) is 2.83. The van der Waals surface area contributed by atoms with Gasteiger partial charge < -0.3 is 16.5 Å². The number of imidazole rings is 1. The van der Waals surface area contributed by atoms with Gasteiger partial charge in [-0.1, -0.05) is 17.7 Å². The zero-order valence-corrected chi connectivity index (χ0v) is 10.7. The van der Waals surface area contributed by atoms with Crippen LogP contribution in [-0.4, -0.2) is 21.8 Å². The van der Waals surface area contributed by atoms with Crippen LogP contribution >= 0.6 is 0 Å².